The maximum absolute atomic E-state index is 12.6. The Morgan fingerprint density at radius 1 is 0.806 bits per heavy atom. The first-order valence-electron chi connectivity index (χ1n) is 12.1. The molecule has 31 heavy (non-hydrogen) atoms. The van der Waals surface area contributed by atoms with Gasteiger partial charge in [-0.25, -0.2) is 0 Å². The summed E-state index contributed by atoms with van der Waals surface area (Å²) in [5.41, 5.74) is 4.52. The fourth-order valence-electron chi connectivity index (χ4n) is 4.87. The third-order valence-electron chi connectivity index (χ3n) is 6.69. The van der Waals surface area contributed by atoms with Crippen LogP contribution >= 0.6 is 0 Å². The number of carbonyl (C=O) groups excluding carboxylic acids is 1. The zero-order valence-electron chi connectivity index (χ0n) is 19.0. The fourth-order valence-corrected chi connectivity index (χ4v) is 4.87. The van der Waals surface area contributed by atoms with Crippen molar-refractivity contribution in [1.29, 1.82) is 0 Å². The number of amides is 1. The van der Waals surface area contributed by atoms with E-state index in [4.69, 9.17) is 0 Å². The molecule has 0 aromatic heterocycles. The van der Waals surface area contributed by atoms with E-state index in [1.54, 1.807) is 0 Å². The van der Waals surface area contributed by atoms with Crippen molar-refractivity contribution in [1.82, 2.24) is 15.1 Å². The largest absolute Gasteiger partial charge is 0.348 e. The van der Waals surface area contributed by atoms with Gasteiger partial charge in [-0.2, -0.15) is 0 Å². The highest BCUT2D eigenvalue weighted by Crippen LogP contribution is 2.18. The van der Waals surface area contributed by atoms with Gasteiger partial charge in [0.25, 0.3) is 5.91 Å². The summed E-state index contributed by atoms with van der Waals surface area (Å²) in [5.74, 6) is 0.804. The summed E-state index contributed by atoms with van der Waals surface area (Å²) >= 11 is 0. The number of nitrogens with one attached hydrogen (secondary N) is 1. The SMILES string of the molecule is CC1CCCN(Cc2ccc(CNC(=O)c3ccc(CN4CCCCC4)cc3)cc2)C1. The molecule has 166 valence electrons. The van der Waals surface area contributed by atoms with Crippen LogP contribution in [0, 0.1) is 5.92 Å². The van der Waals surface area contributed by atoms with Crippen molar-refractivity contribution in [3.8, 4) is 0 Å². The maximum atomic E-state index is 12.6. The monoisotopic (exact) mass is 419 g/mol. The van der Waals surface area contributed by atoms with Gasteiger partial charge >= 0.3 is 0 Å². The number of rotatable bonds is 7. The summed E-state index contributed by atoms with van der Waals surface area (Å²) in [7, 11) is 0. The van der Waals surface area contributed by atoms with Crippen molar-refractivity contribution in [2.45, 2.75) is 58.7 Å². The minimum atomic E-state index is -0.00379. The van der Waals surface area contributed by atoms with Crippen LogP contribution in [0.5, 0.6) is 0 Å². The summed E-state index contributed by atoms with van der Waals surface area (Å²) < 4.78 is 0. The highest BCUT2D eigenvalue weighted by molar-refractivity contribution is 5.94. The van der Waals surface area contributed by atoms with Gasteiger partial charge in [0.05, 0.1) is 0 Å². The highest BCUT2D eigenvalue weighted by atomic mass is 16.1. The maximum Gasteiger partial charge on any atom is 0.251 e. The minimum absolute atomic E-state index is 0.00379. The zero-order chi connectivity index (χ0) is 21.5. The van der Waals surface area contributed by atoms with E-state index < -0.39 is 0 Å². The van der Waals surface area contributed by atoms with Gasteiger partial charge in [-0.1, -0.05) is 49.7 Å². The second-order valence-electron chi connectivity index (χ2n) is 9.52. The lowest BCUT2D eigenvalue weighted by Gasteiger charge is -2.30. The van der Waals surface area contributed by atoms with Crippen LogP contribution in [0.4, 0.5) is 0 Å². The lowest BCUT2D eigenvalue weighted by molar-refractivity contribution is 0.0951. The number of piperidine rings is 2. The van der Waals surface area contributed by atoms with Crippen LogP contribution in [0.2, 0.25) is 0 Å². The quantitative estimate of drug-likeness (QED) is 0.698. The van der Waals surface area contributed by atoms with E-state index in [1.165, 1.54) is 69.4 Å². The number of carbonyl (C=O) groups is 1. The molecule has 1 atom stereocenters. The average molecular weight is 420 g/mol. The Kier molecular flexibility index (Phi) is 7.76. The smallest absolute Gasteiger partial charge is 0.251 e. The minimum Gasteiger partial charge on any atom is -0.348 e. The zero-order valence-corrected chi connectivity index (χ0v) is 19.0. The molecule has 0 radical (unpaired) electrons. The van der Waals surface area contributed by atoms with Gasteiger partial charge in [-0.05, 0) is 80.1 Å². The van der Waals surface area contributed by atoms with E-state index >= 15 is 0 Å². The second kappa shape index (κ2) is 10.9. The predicted molar refractivity (Wildman–Crippen MR) is 127 cm³/mol. The molecule has 2 fully saturated rings. The van der Waals surface area contributed by atoms with Gasteiger partial charge in [0, 0.05) is 31.7 Å². The predicted octanol–water partition coefficient (Wildman–Crippen LogP) is 4.83. The fraction of sp³-hybridized carbons (Fsp3) is 0.519. The van der Waals surface area contributed by atoms with Gasteiger partial charge in [-0.3, -0.25) is 14.6 Å². The topological polar surface area (TPSA) is 35.6 Å². The highest BCUT2D eigenvalue weighted by Gasteiger charge is 2.16. The van der Waals surface area contributed by atoms with E-state index in [-0.39, 0.29) is 5.91 Å². The number of hydrogen-bond donors (Lipinski definition) is 1. The lowest BCUT2D eigenvalue weighted by Crippen LogP contribution is -2.33. The first-order chi connectivity index (χ1) is 15.2. The number of likely N-dealkylation sites (tertiary alicyclic amines) is 2. The molecule has 0 saturated carbocycles. The molecule has 2 aliphatic rings. The van der Waals surface area contributed by atoms with Crippen LogP contribution < -0.4 is 5.32 Å². The Labute approximate surface area is 187 Å². The second-order valence-corrected chi connectivity index (χ2v) is 9.52. The molecule has 4 rings (SSSR count). The van der Waals surface area contributed by atoms with Gasteiger partial charge in [0.1, 0.15) is 0 Å². The van der Waals surface area contributed by atoms with Gasteiger partial charge in [0.2, 0.25) is 0 Å². The molecule has 1 N–H and O–H groups in total. The third kappa shape index (κ3) is 6.65. The molecular formula is C27H37N3O. The van der Waals surface area contributed by atoms with Crippen LogP contribution in [-0.2, 0) is 19.6 Å². The number of hydrogen-bond acceptors (Lipinski definition) is 3. The van der Waals surface area contributed by atoms with Crippen LogP contribution in [-0.4, -0.2) is 41.9 Å². The molecule has 4 nitrogen and oxygen atoms in total. The average Bonchev–Trinajstić information content (AvgIpc) is 2.80. The van der Waals surface area contributed by atoms with Crippen molar-refractivity contribution >= 4 is 5.91 Å². The number of nitrogens with zero attached hydrogens (tertiary/aromatic N) is 2. The van der Waals surface area contributed by atoms with Crippen LogP contribution in [0.1, 0.15) is 66.1 Å². The van der Waals surface area contributed by atoms with Gasteiger partial charge in [0.15, 0.2) is 0 Å². The molecule has 0 spiro atoms. The van der Waals surface area contributed by atoms with E-state index in [0.29, 0.717) is 6.54 Å². The van der Waals surface area contributed by atoms with Crippen molar-refractivity contribution in [2.75, 3.05) is 26.2 Å². The number of benzene rings is 2. The summed E-state index contributed by atoms with van der Waals surface area (Å²) in [6, 6.07) is 16.8. The van der Waals surface area contributed by atoms with Crippen LogP contribution in [0.25, 0.3) is 0 Å². The Morgan fingerprint density at radius 2 is 1.39 bits per heavy atom. The Morgan fingerprint density at radius 3 is 2.06 bits per heavy atom. The van der Waals surface area contributed by atoms with E-state index in [9.17, 15) is 4.79 Å². The molecule has 2 aromatic carbocycles. The Bertz CT molecular complexity index is 825. The molecular weight excluding hydrogens is 382 g/mol. The van der Waals surface area contributed by atoms with Gasteiger partial charge in [-0.15, -0.1) is 0 Å². The Hall–Kier alpha value is -2.17. The summed E-state index contributed by atoms with van der Waals surface area (Å²) in [6.45, 7) is 9.73. The summed E-state index contributed by atoms with van der Waals surface area (Å²) in [4.78, 5) is 17.6. The molecule has 1 amide bonds. The summed E-state index contributed by atoms with van der Waals surface area (Å²) in [6.07, 6.45) is 6.63. The normalized spacial score (nSPS) is 20.5. The first-order valence-corrected chi connectivity index (χ1v) is 12.1. The van der Waals surface area contributed by atoms with E-state index in [0.717, 1.165) is 30.1 Å². The molecule has 2 aliphatic heterocycles. The van der Waals surface area contributed by atoms with Crippen molar-refractivity contribution in [3.63, 3.8) is 0 Å². The van der Waals surface area contributed by atoms with Crippen molar-refractivity contribution in [2.24, 2.45) is 5.92 Å². The molecule has 0 bridgehead atoms. The summed E-state index contributed by atoms with van der Waals surface area (Å²) in [5, 5.41) is 3.06. The van der Waals surface area contributed by atoms with E-state index in [2.05, 4.69) is 58.4 Å². The van der Waals surface area contributed by atoms with Crippen molar-refractivity contribution < 1.29 is 4.79 Å². The van der Waals surface area contributed by atoms with Gasteiger partial charge < -0.3 is 5.32 Å². The third-order valence-corrected chi connectivity index (χ3v) is 6.69. The molecule has 2 heterocycles. The standard InChI is InChI=1S/C27H37N3O/c1-22-6-5-17-30(19-22)21-24-9-7-23(8-10-24)18-28-27(31)26-13-11-25(12-14-26)20-29-15-3-2-4-16-29/h7-14,22H,2-6,15-21H2,1H3,(H,28,31). The molecule has 1 unspecified atom stereocenters. The molecule has 2 saturated heterocycles. The van der Waals surface area contributed by atoms with Crippen LogP contribution in [0.15, 0.2) is 48.5 Å². The van der Waals surface area contributed by atoms with Crippen molar-refractivity contribution in [3.05, 3.63) is 70.8 Å². The lowest BCUT2D eigenvalue weighted by atomic mass is 9.99. The molecule has 2 aromatic rings. The Balaban J connectivity index is 1.23. The van der Waals surface area contributed by atoms with Crippen LogP contribution in [0.3, 0.4) is 0 Å². The molecule has 0 aliphatic carbocycles. The molecule has 4 heteroatoms. The first kappa shape index (κ1) is 22.0. The van der Waals surface area contributed by atoms with E-state index in [1.807, 2.05) is 12.1 Å².